The van der Waals surface area contributed by atoms with Crippen LogP contribution in [0.2, 0.25) is 0 Å². The number of rotatable bonds is 3. The highest BCUT2D eigenvalue weighted by Gasteiger charge is 2.39. The molecule has 7 nitrogen and oxygen atoms in total. The molecule has 1 atom stereocenters. The zero-order valence-electron chi connectivity index (χ0n) is 14.3. The monoisotopic (exact) mass is 362 g/mol. The highest BCUT2D eigenvalue weighted by molar-refractivity contribution is 7.98. The lowest BCUT2D eigenvalue weighted by Gasteiger charge is -2.40. The predicted molar refractivity (Wildman–Crippen MR) is 94.2 cm³/mol. The van der Waals surface area contributed by atoms with Gasteiger partial charge in [-0.1, -0.05) is 0 Å². The van der Waals surface area contributed by atoms with E-state index in [4.69, 9.17) is 0 Å². The third-order valence-corrected chi connectivity index (χ3v) is 6.30. The van der Waals surface area contributed by atoms with E-state index in [1.807, 2.05) is 16.7 Å². The zero-order valence-corrected chi connectivity index (χ0v) is 15.1. The van der Waals surface area contributed by atoms with E-state index in [9.17, 15) is 14.4 Å². The number of hydrogen-bond acceptors (Lipinski definition) is 5. The van der Waals surface area contributed by atoms with Crippen LogP contribution in [-0.4, -0.2) is 63.8 Å². The summed E-state index contributed by atoms with van der Waals surface area (Å²) in [5, 5.41) is 4.54. The number of nitrogens with zero attached hydrogens (tertiary/aromatic N) is 4. The van der Waals surface area contributed by atoms with E-state index in [1.54, 1.807) is 22.7 Å². The number of carbonyl (C=O) groups excluding carboxylic acids is 2. The van der Waals surface area contributed by atoms with Crippen molar-refractivity contribution in [1.82, 2.24) is 19.6 Å². The minimum atomic E-state index is -0.208. The highest BCUT2D eigenvalue weighted by Crippen LogP contribution is 2.25. The molecule has 2 saturated heterocycles. The van der Waals surface area contributed by atoms with Gasteiger partial charge in [0.05, 0.1) is 18.2 Å². The molecule has 134 valence electrons. The Kier molecular flexibility index (Phi) is 4.31. The molecule has 4 heterocycles. The second-order valence-corrected chi connectivity index (χ2v) is 8.33. The van der Waals surface area contributed by atoms with Crippen LogP contribution in [0.3, 0.4) is 0 Å². The molecule has 2 amide bonds. The summed E-state index contributed by atoms with van der Waals surface area (Å²) >= 11 is 1.84. The molecule has 4 rings (SSSR count). The van der Waals surface area contributed by atoms with Gasteiger partial charge in [-0.15, -0.1) is 0 Å². The van der Waals surface area contributed by atoms with Crippen molar-refractivity contribution in [2.75, 3.05) is 32.4 Å². The van der Waals surface area contributed by atoms with Crippen molar-refractivity contribution in [3.8, 4) is 0 Å². The van der Waals surface area contributed by atoms with Crippen molar-refractivity contribution in [3.63, 3.8) is 0 Å². The van der Waals surface area contributed by atoms with E-state index in [2.05, 4.69) is 5.10 Å². The van der Waals surface area contributed by atoms with Gasteiger partial charge >= 0.3 is 0 Å². The summed E-state index contributed by atoms with van der Waals surface area (Å²) in [5.41, 5.74) is 2.06. The van der Waals surface area contributed by atoms with Gasteiger partial charge in [-0.05, 0) is 11.3 Å². The van der Waals surface area contributed by atoms with Crippen LogP contribution in [0.25, 0.3) is 0 Å². The first-order chi connectivity index (χ1) is 12.0. The molecule has 0 bridgehead atoms. The summed E-state index contributed by atoms with van der Waals surface area (Å²) in [7, 11) is 1.74. The van der Waals surface area contributed by atoms with Gasteiger partial charge < -0.3 is 9.80 Å². The molecule has 1 aromatic heterocycles. The standard InChI is InChI=1S/C17H22N4O3S/c1-19-9-12(4-15(19)22)17(24)20-6-11(7-20)8-21-16(23)5-13-10-25-3-2-14(13)18-21/h5,11-12H,2-4,6-10H2,1H3. The number of aryl methyl sites for hydroxylation is 1. The fourth-order valence-electron chi connectivity index (χ4n) is 3.78. The van der Waals surface area contributed by atoms with Gasteiger partial charge in [-0.3, -0.25) is 14.4 Å². The normalized spacial score (nSPS) is 23.6. The first kappa shape index (κ1) is 16.6. The SMILES string of the molecule is CN1CC(C(=O)N2CC(Cn3nc4c(cc3=O)CSCC4)C2)CC1=O. The smallest absolute Gasteiger partial charge is 0.267 e. The number of thioether (sulfide) groups is 1. The molecule has 3 aliphatic rings. The predicted octanol–water partition coefficient (Wildman–Crippen LogP) is -0.0307. The van der Waals surface area contributed by atoms with Gasteiger partial charge in [-0.25, -0.2) is 4.68 Å². The topological polar surface area (TPSA) is 75.5 Å². The molecular formula is C17H22N4O3S. The summed E-state index contributed by atoms with van der Waals surface area (Å²) < 4.78 is 1.56. The van der Waals surface area contributed by atoms with E-state index in [0.717, 1.165) is 29.2 Å². The van der Waals surface area contributed by atoms with E-state index in [1.165, 1.54) is 0 Å². The fraction of sp³-hybridized carbons (Fsp3) is 0.647. The lowest BCUT2D eigenvalue weighted by Crippen LogP contribution is -2.54. The quantitative estimate of drug-likeness (QED) is 0.755. The summed E-state index contributed by atoms with van der Waals surface area (Å²) in [4.78, 5) is 39.7. The van der Waals surface area contributed by atoms with Crippen molar-refractivity contribution < 1.29 is 9.59 Å². The Balaban J connectivity index is 1.35. The minimum Gasteiger partial charge on any atom is -0.345 e. The first-order valence-corrected chi connectivity index (χ1v) is 9.87. The van der Waals surface area contributed by atoms with Gasteiger partial charge in [-0.2, -0.15) is 16.9 Å². The average Bonchev–Trinajstić information content (AvgIpc) is 2.89. The summed E-state index contributed by atoms with van der Waals surface area (Å²) in [6.07, 6.45) is 1.24. The van der Waals surface area contributed by atoms with Gasteiger partial charge in [0.2, 0.25) is 11.8 Å². The maximum Gasteiger partial charge on any atom is 0.267 e. The number of amides is 2. The number of fused-ring (bicyclic) bond motifs is 1. The molecule has 0 radical (unpaired) electrons. The van der Waals surface area contributed by atoms with E-state index in [-0.39, 0.29) is 29.2 Å². The molecule has 25 heavy (non-hydrogen) atoms. The number of carbonyl (C=O) groups is 2. The summed E-state index contributed by atoms with van der Waals surface area (Å²) in [6.45, 7) is 2.37. The van der Waals surface area contributed by atoms with Gasteiger partial charge in [0.25, 0.3) is 5.56 Å². The van der Waals surface area contributed by atoms with E-state index < -0.39 is 0 Å². The Morgan fingerprint density at radius 2 is 2.12 bits per heavy atom. The molecule has 0 aromatic carbocycles. The molecular weight excluding hydrogens is 340 g/mol. The third-order valence-electron chi connectivity index (χ3n) is 5.30. The molecule has 8 heteroatoms. The molecule has 0 aliphatic carbocycles. The Morgan fingerprint density at radius 1 is 1.32 bits per heavy atom. The maximum absolute atomic E-state index is 12.4. The number of aromatic nitrogens is 2. The van der Waals surface area contributed by atoms with Crippen LogP contribution in [0, 0.1) is 11.8 Å². The molecule has 3 aliphatic heterocycles. The highest BCUT2D eigenvalue weighted by atomic mass is 32.2. The van der Waals surface area contributed by atoms with Crippen molar-refractivity contribution in [2.45, 2.75) is 25.1 Å². The van der Waals surface area contributed by atoms with Crippen LogP contribution in [0.4, 0.5) is 0 Å². The molecule has 2 fully saturated rings. The second-order valence-electron chi connectivity index (χ2n) is 7.22. The molecule has 0 N–H and O–H groups in total. The van der Waals surface area contributed by atoms with Crippen LogP contribution in [0.1, 0.15) is 17.7 Å². The van der Waals surface area contributed by atoms with Crippen molar-refractivity contribution >= 4 is 23.6 Å². The molecule has 0 saturated carbocycles. The van der Waals surface area contributed by atoms with Crippen LogP contribution in [0.15, 0.2) is 10.9 Å². The lowest BCUT2D eigenvalue weighted by molar-refractivity contribution is -0.142. The zero-order chi connectivity index (χ0) is 17.6. The Morgan fingerprint density at radius 3 is 2.84 bits per heavy atom. The fourth-order valence-corrected chi connectivity index (χ4v) is 4.73. The van der Waals surface area contributed by atoms with Crippen molar-refractivity contribution in [1.29, 1.82) is 0 Å². The summed E-state index contributed by atoms with van der Waals surface area (Å²) in [6, 6.07) is 1.72. The van der Waals surface area contributed by atoms with Crippen LogP contribution < -0.4 is 5.56 Å². The Labute approximate surface area is 150 Å². The molecule has 1 aromatic rings. The Bertz CT molecular complexity index is 772. The Hall–Kier alpha value is -1.83. The van der Waals surface area contributed by atoms with Crippen molar-refractivity contribution in [3.05, 3.63) is 27.7 Å². The maximum atomic E-state index is 12.4. The first-order valence-electron chi connectivity index (χ1n) is 8.71. The molecule has 1 unspecified atom stereocenters. The minimum absolute atomic E-state index is 0.0402. The average molecular weight is 362 g/mol. The van der Waals surface area contributed by atoms with Gasteiger partial charge in [0.15, 0.2) is 0 Å². The summed E-state index contributed by atoms with van der Waals surface area (Å²) in [5.74, 6) is 2.09. The lowest BCUT2D eigenvalue weighted by atomic mass is 9.96. The molecule has 0 spiro atoms. The van der Waals surface area contributed by atoms with Crippen molar-refractivity contribution in [2.24, 2.45) is 11.8 Å². The number of hydrogen-bond donors (Lipinski definition) is 0. The largest absolute Gasteiger partial charge is 0.345 e. The third kappa shape index (κ3) is 3.19. The second kappa shape index (κ2) is 6.48. The van der Waals surface area contributed by atoms with Crippen LogP contribution in [0.5, 0.6) is 0 Å². The van der Waals surface area contributed by atoms with Crippen LogP contribution in [-0.2, 0) is 28.3 Å². The van der Waals surface area contributed by atoms with E-state index >= 15 is 0 Å². The van der Waals surface area contributed by atoms with E-state index in [0.29, 0.717) is 32.6 Å². The van der Waals surface area contributed by atoms with Gasteiger partial charge in [0, 0.05) is 57.3 Å². The van der Waals surface area contributed by atoms with Gasteiger partial charge in [0.1, 0.15) is 0 Å². The van der Waals surface area contributed by atoms with Crippen LogP contribution >= 0.6 is 11.8 Å². The number of likely N-dealkylation sites (tertiary alicyclic amines) is 2.